The molecule has 1 aliphatic rings. The molecule has 2 aromatic carbocycles. The zero-order valence-corrected chi connectivity index (χ0v) is 17.8. The SMILES string of the molecule is CC1(C)COC(C)(c2cc(C(=O)O)co2)c2c1n(-c1ccc(F)cc1)c1cccc(O)c21. The van der Waals surface area contributed by atoms with Crippen LogP contribution in [0.3, 0.4) is 0 Å². The van der Waals surface area contributed by atoms with Gasteiger partial charge in [-0.3, -0.25) is 0 Å². The van der Waals surface area contributed by atoms with Crippen molar-refractivity contribution in [3.63, 3.8) is 0 Å². The van der Waals surface area contributed by atoms with Crippen molar-refractivity contribution in [1.82, 2.24) is 4.57 Å². The predicted molar refractivity (Wildman–Crippen MR) is 116 cm³/mol. The second-order valence-electron chi connectivity index (χ2n) is 8.92. The normalized spacial score (nSPS) is 19.8. The summed E-state index contributed by atoms with van der Waals surface area (Å²) in [5, 5.41) is 20.9. The Hall–Kier alpha value is -3.58. The predicted octanol–water partition coefficient (Wildman–Crippen LogP) is 5.34. The Kier molecular flexibility index (Phi) is 4.26. The maximum atomic E-state index is 13.7. The third-order valence-corrected chi connectivity index (χ3v) is 6.21. The lowest BCUT2D eigenvalue weighted by atomic mass is 9.77. The number of carboxylic acid groups (broad SMARTS) is 1. The Bertz CT molecular complexity index is 1370. The van der Waals surface area contributed by atoms with Crippen LogP contribution in [0.15, 0.2) is 59.2 Å². The molecule has 0 amide bonds. The molecule has 4 aromatic rings. The molecule has 2 N–H and O–H groups in total. The lowest BCUT2D eigenvalue weighted by Gasteiger charge is -2.41. The molecule has 6 nitrogen and oxygen atoms in total. The van der Waals surface area contributed by atoms with Crippen molar-refractivity contribution >= 4 is 16.9 Å². The highest BCUT2D eigenvalue weighted by Crippen LogP contribution is 2.52. The van der Waals surface area contributed by atoms with E-state index in [2.05, 4.69) is 0 Å². The number of phenolic OH excluding ortho intramolecular Hbond substituents is 1. The summed E-state index contributed by atoms with van der Waals surface area (Å²) in [5.41, 5.74) is 1.43. The number of phenols is 1. The highest BCUT2D eigenvalue weighted by Gasteiger charge is 2.49. The van der Waals surface area contributed by atoms with Crippen LogP contribution in [-0.2, 0) is 15.8 Å². The lowest BCUT2D eigenvalue weighted by Crippen LogP contribution is -2.42. The number of aromatic nitrogens is 1. The summed E-state index contributed by atoms with van der Waals surface area (Å²) in [5.74, 6) is -1.05. The second kappa shape index (κ2) is 6.71. The molecule has 0 saturated carbocycles. The molecule has 3 heterocycles. The van der Waals surface area contributed by atoms with Crippen molar-refractivity contribution < 1.29 is 28.6 Å². The number of carboxylic acids is 1. The van der Waals surface area contributed by atoms with Crippen molar-refractivity contribution in [2.24, 2.45) is 0 Å². The van der Waals surface area contributed by atoms with Gasteiger partial charge >= 0.3 is 5.97 Å². The van der Waals surface area contributed by atoms with E-state index in [1.165, 1.54) is 24.5 Å². The zero-order valence-electron chi connectivity index (χ0n) is 17.8. The fourth-order valence-corrected chi connectivity index (χ4v) is 4.64. The van der Waals surface area contributed by atoms with Crippen LogP contribution in [0.25, 0.3) is 16.6 Å². The third kappa shape index (κ3) is 2.78. The Labute approximate surface area is 183 Å². The molecule has 0 fully saturated rings. The zero-order chi connectivity index (χ0) is 22.8. The molecule has 7 heteroatoms. The molecule has 164 valence electrons. The Morgan fingerprint density at radius 3 is 2.50 bits per heavy atom. The van der Waals surface area contributed by atoms with E-state index in [0.717, 1.165) is 16.9 Å². The average molecular weight is 435 g/mol. The van der Waals surface area contributed by atoms with Gasteiger partial charge in [0.25, 0.3) is 0 Å². The van der Waals surface area contributed by atoms with Crippen molar-refractivity contribution in [3.8, 4) is 11.4 Å². The molecular formula is C25H22FNO5. The molecule has 5 rings (SSSR count). The molecule has 32 heavy (non-hydrogen) atoms. The summed E-state index contributed by atoms with van der Waals surface area (Å²) in [6, 6.07) is 12.9. The Morgan fingerprint density at radius 2 is 1.84 bits per heavy atom. The van der Waals surface area contributed by atoms with Crippen molar-refractivity contribution in [3.05, 3.63) is 83.2 Å². The van der Waals surface area contributed by atoms with E-state index in [1.54, 1.807) is 24.3 Å². The number of aromatic carboxylic acids is 1. The molecule has 1 aliphatic heterocycles. The number of hydrogen-bond acceptors (Lipinski definition) is 4. The molecule has 0 radical (unpaired) electrons. The van der Waals surface area contributed by atoms with Gasteiger partial charge in [-0.1, -0.05) is 19.9 Å². The van der Waals surface area contributed by atoms with Crippen LogP contribution in [0.4, 0.5) is 4.39 Å². The summed E-state index contributed by atoms with van der Waals surface area (Å²) in [6.45, 7) is 6.20. The molecule has 0 spiro atoms. The number of rotatable bonds is 3. The molecule has 0 bridgehead atoms. The van der Waals surface area contributed by atoms with E-state index < -0.39 is 17.0 Å². The van der Waals surface area contributed by atoms with Crippen molar-refractivity contribution in [1.29, 1.82) is 0 Å². The average Bonchev–Trinajstić information content (AvgIpc) is 3.38. The highest BCUT2D eigenvalue weighted by atomic mass is 19.1. The number of halogens is 1. The minimum absolute atomic E-state index is 0.0164. The first-order valence-corrected chi connectivity index (χ1v) is 10.2. The maximum absolute atomic E-state index is 13.7. The Morgan fingerprint density at radius 1 is 1.12 bits per heavy atom. The quantitative estimate of drug-likeness (QED) is 0.454. The van der Waals surface area contributed by atoms with Gasteiger partial charge in [0.1, 0.15) is 23.6 Å². The van der Waals surface area contributed by atoms with E-state index in [1.807, 2.05) is 31.4 Å². The minimum atomic E-state index is -1.15. The van der Waals surface area contributed by atoms with Crippen LogP contribution < -0.4 is 0 Å². The number of benzene rings is 2. The number of hydrogen-bond donors (Lipinski definition) is 2. The van der Waals surface area contributed by atoms with Crippen LogP contribution in [0, 0.1) is 5.82 Å². The first kappa shape index (κ1) is 20.3. The van der Waals surface area contributed by atoms with Crippen molar-refractivity contribution in [2.45, 2.75) is 31.8 Å². The molecule has 0 saturated heterocycles. The van der Waals surface area contributed by atoms with E-state index in [4.69, 9.17) is 9.15 Å². The molecule has 1 unspecified atom stereocenters. The van der Waals surface area contributed by atoms with Gasteiger partial charge in [0.15, 0.2) is 5.60 Å². The summed E-state index contributed by atoms with van der Waals surface area (Å²) < 4.78 is 27.7. The van der Waals surface area contributed by atoms with Gasteiger partial charge < -0.3 is 23.9 Å². The second-order valence-corrected chi connectivity index (χ2v) is 8.92. The first-order valence-electron chi connectivity index (χ1n) is 10.2. The monoisotopic (exact) mass is 435 g/mol. The number of carbonyl (C=O) groups is 1. The summed E-state index contributed by atoms with van der Waals surface area (Å²) >= 11 is 0. The molecular weight excluding hydrogens is 413 g/mol. The Balaban J connectivity index is 1.91. The minimum Gasteiger partial charge on any atom is -0.507 e. The smallest absolute Gasteiger partial charge is 0.338 e. The van der Waals surface area contributed by atoms with Crippen LogP contribution in [0.5, 0.6) is 5.75 Å². The standard InChI is InChI=1S/C25H22FNO5/c1-24(2)13-32-25(3,19-11-14(12-31-19)23(29)30)21-20-17(5-4-6-18(20)28)27(22(21)24)16-9-7-15(26)8-10-16/h4-12,28H,13H2,1-3H3,(H,29,30). The van der Waals surface area contributed by atoms with E-state index >= 15 is 0 Å². The molecule has 1 atom stereocenters. The van der Waals surface area contributed by atoms with Gasteiger partial charge in [-0.15, -0.1) is 0 Å². The fourth-order valence-electron chi connectivity index (χ4n) is 4.64. The van der Waals surface area contributed by atoms with E-state index in [9.17, 15) is 19.4 Å². The number of fused-ring (bicyclic) bond motifs is 3. The van der Waals surface area contributed by atoms with E-state index in [0.29, 0.717) is 23.3 Å². The highest BCUT2D eigenvalue weighted by molar-refractivity contribution is 5.94. The number of aromatic hydroxyl groups is 1. The van der Waals surface area contributed by atoms with Gasteiger partial charge in [-0.2, -0.15) is 0 Å². The van der Waals surface area contributed by atoms with Gasteiger partial charge in [0, 0.05) is 27.7 Å². The summed E-state index contributed by atoms with van der Waals surface area (Å²) in [4.78, 5) is 11.5. The van der Waals surface area contributed by atoms with Gasteiger partial charge in [-0.25, -0.2) is 9.18 Å². The van der Waals surface area contributed by atoms with Crippen LogP contribution >= 0.6 is 0 Å². The third-order valence-electron chi connectivity index (χ3n) is 6.21. The van der Waals surface area contributed by atoms with Crippen LogP contribution in [-0.4, -0.2) is 27.4 Å². The van der Waals surface area contributed by atoms with Crippen LogP contribution in [0.2, 0.25) is 0 Å². The first-order chi connectivity index (χ1) is 15.1. The van der Waals surface area contributed by atoms with E-state index in [-0.39, 0.29) is 17.1 Å². The van der Waals surface area contributed by atoms with Crippen molar-refractivity contribution in [2.75, 3.05) is 6.61 Å². The van der Waals surface area contributed by atoms with Gasteiger partial charge in [0.2, 0.25) is 0 Å². The van der Waals surface area contributed by atoms with Crippen LogP contribution in [0.1, 0.15) is 48.1 Å². The fraction of sp³-hybridized carbons (Fsp3) is 0.240. The number of nitrogens with zero attached hydrogens (tertiary/aromatic N) is 1. The summed E-state index contributed by atoms with van der Waals surface area (Å²) in [6.07, 6.45) is 1.19. The maximum Gasteiger partial charge on any atom is 0.338 e. The van der Waals surface area contributed by atoms with Gasteiger partial charge in [0.05, 0.1) is 17.7 Å². The number of ether oxygens (including phenoxy) is 1. The summed E-state index contributed by atoms with van der Waals surface area (Å²) in [7, 11) is 0. The topological polar surface area (TPSA) is 84.8 Å². The number of furan rings is 1. The van der Waals surface area contributed by atoms with Gasteiger partial charge in [-0.05, 0) is 49.4 Å². The molecule has 2 aromatic heterocycles. The molecule has 0 aliphatic carbocycles. The lowest BCUT2D eigenvalue weighted by molar-refractivity contribution is -0.0559. The largest absolute Gasteiger partial charge is 0.507 e.